The summed E-state index contributed by atoms with van der Waals surface area (Å²) in [5.41, 5.74) is 3.10. The predicted octanol–water partition coefficient (Wildman–Crippen LogP) is 5.21. The molecule has 2 amide bonds. The fourth-order valence-electron chi connectivity index (χ4n) is 3.94. The zero-order chi connectivity index (χ0) is 22.2. The molecular formula is C25H33N3O2S. The lowest BCUT2D eigenvalue weighted by Gasteiger charge is -2.33. The summed E-state index contributed by atoms with van der Waals surface area (Å²) in [5.74, 6) is -0.0823. The van der Waals surface area contributed by atoms with Crippen molar-refractivity contribution in [2.45, 2.75) is 68.7 Å². The molecule has 1 unspecified atom stereocenters. The van der Waals surface area contributed by atoms with E-state index < -0.39 is 0 Å². The van der Waals surface area contributed by atoms with Crippen LogP contribution in [0.25, 0.3) is 0 Å². The predicted molar refractivity (Wildman–Crippen MR) is 130 cm³/mol. The summed E-state index contributed by atoms with van der Waals surface area (Å²) >= 11 is 1.51. The second-order valence-electron chi connectivity index (χ2n) is 8.25. The molecular weight excluding hydrogens is 406 g/mol. The molecule has 1 aliphatic rings. The van der Waals surface area contributed by atoms with Crippen LogP contribution in [-0.2, 0) is 16.1 Å². The van der Waals surface area contributed by atoms with Gasteiger partial charge in [-0.05, 0) is 61.7 Å². The fraction of sp³-hybridized carbons (Fsp3) is 0.440. The summed E-state index contributed by atoms with van der Waals surface area (Å²) in [5, 5.41) is 5.58. The fourth-order valence-corrected chi connectivity index (χ4v) is 4.83. The molecule has 0 aromatic heterocycles. The normalized spacial score (nSPS) is 15.2. The third kappa shape index (κ3) is 7.03. The van der Waals surface area contributed by atoms with Crippen LogP contribution in [0.15, 0.2) is 53.4 Å². The number of hydrogen-bond donors (Lipinski definition) is 2. The number of rotatable bonds is 8. The van der Waals surface area contributed by atoms with Gasteiger partial charge in [-0.25, -0.2) is 0 Å². The minimum Gasteiger partial charge on any atom is -0.372 e. The lowest BCUT2D eigenvalue weighted by molar-refractivity contribution is -0.120. The first-order valence-corrected chi connectivity index (χ1v) is 11.9. The molecule has 0 saturated heterocycles. The Kier molecular flexibility index (Phi) is 8.41. The number of anilines is 2. The van der Waals surface area contributed by atoms with E-state index in [-0.39, 0.29) is 17.1 Å². The lowest BCUT2D eigenvalue weighted by atomic mass is 9.94. The average molecular weight is 440 g/mol. The Morgan fingerprint density at radius 3 is 2.29 bits per heavy atom. The molecule has 2 N–H and O–H groups in total. The van der Waals surface area contributed by atoms with Crippen molar-refractivity contribution in [3.63, 3.8) is 0 Å². The molecule has 5 nitrogen and oxygen atoms in total. The Hall–Kier alpha value is -2.47. The van der Waals surface area contributed by atoms with E-state index in [2.05, 4.69) is 46.8 Å². The van der Waals surface area contributed by atoms with E-state index in [1.54, 1.807) is 0 Å². The summed E-state index contributed by atoms with van der Waals surface area (Å²) < 4.78 is 0. The van der Waals surface area contributed by atoms with Crippen molar-refractivity contribution in [2.75, 3.05) is 17.3 Å². The van der Waals surface area contributed by atoms with Crippen LogP contribution in [-0.4, -0.2) is 30.2 Å². The molecule has 1 aliphatic carbocycles. The summed E-state index contributed by atoms with van der Waals surface area (Å²) in [6.45, 7) is 3.92. The van der Waals surface area contributed by atoms with Gasteiger partial charge in [-0.3, -0.25) is 9.59 Å². The standard InChI is InChI=1S/C25H33N3O2S/c1-18(31-24-15-11-21(12-16-24)27-19(2)29)25(30)26-17-20-9-13-23(14-10-20)28(3)22-7-5-4-6-8-22/h9-16,18,22H,4-8,17H2,1-3H3,(H,26,30)(H,27,29). The maximum Gasteiger partial charge on any atom is 0.233 e. The lowest BCUT2D eigenvalue weighted by Crippen LogP contribution is -2.33. The van der Waals surface area contributed by atoms with Crippen molar-refractivity contribution >= 4 is 35.0 Å². The summed E-state index contributed by atoms with van der Waals surface area (Å²) in [6, 6.07) is 16.7. The molecule has 6 heteroatoms. The summed E-state index contributed by atoms with van der Waals surface area (Å²) in [6.07, 6.45) is 6.57. The van der Waals surface area contributed by atoms with E-state index in [4.69, 9.17) is 0 Å². The zero-order valence-electron chi connectivity index (χ0n) is 18.7. The summed E-state index contributed by atoms with van der Waals surface area (Å²) in [4.78, 5) is 27.0. The van der Waals surface area contributed by atoms with Crippen LogP contribution in [0.5, 0.6) is 0 Å². The van der Waals surface area contributed by atoms with Crippen molar-refractivity contribution in [1.29, 1.82) is 0 Å². The van der Waals surface area contributed by atoms with Gasteiger partial charge in [0.2, 0.25) is 11.8 Å². The maximum absolute atomic E-state index is 12.5. The van der Waals surface area contributed by atoms with Crippen LogP contribution < -0.4 is 15.5 Å². The minimum atomic E-state index is -0.205. The van der Waals surface area contributed by atoms with Gasteiger partial charge in [0.25, 0.3) is 0 Å². The van der Waals surface area contributed by atoms with Gasteiger partial charge < -0.3 is 15.5 Å². The van der Waals surface area contributed by atoms with E-state index in [1.807, 2.05) is 31.2 Å². The number of thioether (sulfide) groups is 1. The second-order valence-corrected chi connectivity index (χ2v) is 9.67. The molecule has 166 valence electrons. The molecule has 2 aromatic rings. The molecule has 0 spiro atoms. The highest BCUT2D eigenvalue weighted by molar-refractivity contribution is 8.00. The molecule has 0 radical (unpaired) electrons. The number of nitrogens with one attached hydrogen (secondary N) is 2. The number of hydrogen-bond acceptors (Lipinski definition) is 4. The molecule has 1 fully saturated rings. The quantitative estimate of drug-likeness (QED) is 0.554. The molecule has 1 saturated carbocycles. The molecule has 0 heterocycles. The second kappa shape index (κ2) is 11.2. The Bertz CT molecular complexity index is 861. The minimum absolute atomic E-state index is 0.0133. The van der Waals surface area contributed by atoms with Crippen molar-refractivity contribution < 1.29 is 9.59 Å². The van der Waals surface area contributed by atoms with Gasteiger partial charge in [0.15, 0.2) is 0 Å². The van der Waals surface area contributed by atoms with Gasteiger partial charge in [-0.2, -0.15) is 0 Å². The number of amides is 2. The van der Waals surface area contributed by atoms with Crippen molar-refractivity contribution in [1.82, 2.24) is 5.32 Å². The van der Waals surface area contributed by atoms with Crippen LogP contribution in [0.2, 0.25) is 0 Å². The molecule has 0 bridgehead atoms. The van der Waals surface area contributed by atoms with Crippen LogP contribution in [0.1, 0.15) is 51.5 Å². The highest BCUT2D eigenvalue weighted by Crippen LogP contribution is 2.27. The first-order chi connectivity index (χ1) is 14.9. The van der Waals surface area contributed by atoms with Crippen molar-refractivity contribution in [3.8, 4) is 0 Å². The third-order valence-corrected chi connectivity index (χ3v) is 6.90. The Labute approximate surface area is 190 Å². The molecule has 31 heavy (non-hydrogen) atoms. The van der Waals surface area contributed by atoms with E-state index >= 15 is 0 Å². The van der Waals surface area contributed by atoms with E-state index in [9.17, 15) is 9.59 Å². The number of benzene rings is 2. The first kappa shape index (κ1) is 23.2. The largest absolute Gasteiger partial charge is 0.372 e. The maximum atomic E-state index is 12.5. The SMILES string of the molecule is CC(=O)Nc1ccc(SC(C)C(=O)NCc2ccc(N(C)C3CCCCC3)cc2)cc1. The number of carbonyl (C=O) groups excluding carboxylic acids is 2. The highest BCUT2D eigenvalue weighted by Gasteiger charge is 2.18. The molecule has 2 aromatic carbocycles. The van der Waals surface area contributed by atoms with E-state index in [0.717, 1.165) is 16.1 Å². The van der Waals surface area contributed by atoms with Crippen LogP contribution in [0, 0.1) is 0 Å². The van der Waals surface area contributed by atoms with E-state index in [0.29, 0.717) is 12.6 Å². The summed E-state index contributed by atoms with van der Waals surface area (Å²) in [7, 11) is 2.19. The van der Waals surface area contributed by atoms with E-state index in [1.165, 1.54) is 56.5 Å². The monoisotopic (exact) mass is 439 g/mol. The van der Waals surface area contributed by atoms with Gasteiger partial charge in [-0.1, -0.05) is 31.4 Å². The topological polar surface area (TPSA) is 61.4 Å². The Balaban J connectivity index is 1.46. The van der Waals surface area contributed by atoms with Gasteiger partial charge in [0, 0.05) is 42.8 Å². The molecule has 0 aliphatic heterocycles. The van der Waals surface area contributed by atoms with Crippen LogP contribution in [0.4, 0.5) is 11.4 Å². The number of carbonyl (C=O) groups is 2. The van der Waals surface area contributed by atoms with Gasteiger partial charge in [0.05, 0.1) is 5.25 Å². The Morgan fingerprint density at radius 1 is 1.03 bits per heavy atom. The van der Waals surface area contributed by atoms with Crippen LogP contribution >= 0.6 is 11.8 Å². The zero-order valence-corrected chi connectivity index (χ0v) is 19.5. The highest BCUT2D eigenvalue weighted by atomic mass is 32.2. The third-order valence-electron chi connectivity index (χ3n) is 5.79. The van der Waals surface area contributed by atoms with Crippen molar-refractivity contribution in [3.05, 3.63) is 54.1 Å². The number of nitrogens with zero attached hydrogens (tertiary/aromatic N) is 1. The smallest absolute Gasteiger partial charge is 0.233 e. The molecule has 1 atom stereocenters. The van der Waals surface area contributed by atoms with Gasteiger partial charge in [0.1, 0.15) is 0 Å². The first-order valence-electron chi connectivity index (χ1n) is 11.1. The van der Waals surface area contributed by atoms with Crippen molar-refractivity contribution in [2.24, 2.45) is 0 Å². The Morgan fingerprint density at radius 2 is 1.68 bits per heavy atom. The van der Waals surface area contributed by atoms with Gasteiger partial charge in [-0.15, -0.1) is 11.8 Å². The van der Waals surface area contributed by atoms with Crippen LogP contribution in [0.3, 0.4) is 0 Å². The molecule has 3 rings (SSSR count). The average Bonchev–Trinajstić information content (AvgIpc) is 2.79. The van der Waals surface area contributed by atoms with Gasteiger partial charge >= 0.3 is 0 Å².